The van der Waals surface area contributed by atoms with Crippen molar-refractivity contribution in [3.8, 4) is 22.6 Å². The summed E-state index contributed by atoms with van der Waals surface area (Å²) < 4.78 is 38.5. The minimum Gasteiger partial charge on any atom is -0.497 e. The number of ether oxygens (including phenoxy) is 2. The van der Waals surface area contributed by atoms with Crippen LogP contribution in [0.25, 0.3) is 11.1 Å². The molecule has 36 heavy (non-hydrogen) atoms. The van der Waals surface area contributed by atoms with Gasteiger partial charge in [-0.3, -0.25) is 0 Å². The van der Waals surface area contributed by atoms with E-state index < -0.39 is 16.0 Å². The van der Waals surface area contributed by atoms with Gasteiger partial charge in [-0.25, -0.2) is 17.9 Å². The summed E-state index contributed by atoms with van der Waals surface area (Å²) in [5.74, 6) is 0.451. The van der Waals surface area contributed by atoms with E-state index in [0.717, 1.165) is 16.7 Å². The van der Waals surface area contributed by atoms with Crippen molar-refractivity contribution in [3.63, 3.8) is 0 Å². The van der Waals surface area contributed by atoms with Crippen LogP contribution in [-0.2, 0) is 16.6 Å². The first-order valence-electron chi connectivity index (χ1n) is 10.8. The number of hydrogen-bond acceptors (Lipinski definition) is 5. The standard InChI is InChI=1S/C27H21Cl2NO5S/c1-34-22-9-2-18(3-10-22)17-30-36(32,33)24-13-6-20(7-14-24)19-4-11-23(12-5-19)35-27(31)25-15-8-21(28)16-26(25)29/h2-16,30H,17H2,1H3. The molecular weight excluding hydrogens is 521 g/mol. The van der Waals surface area contributed by atoms with Gasteiger partial charge in [-0.15, -0.1) is 0 Å². The Bertz CT molecular complexity index is 1470. The maximum absolute atomic E-state index is 12.7. The van der Waals surface area contributed by atoms with Gasteiger partial charge in [0, 0.05) is 11.6 Å². The summed E-state index contributed by atoms with van der Waals surface area (Å²) in [4.78, 5) is 12.5. The number of methoxy groups -OCH3 is 1. The Morgan fingerprint density at radius 3 is 1.97 bits per heavy atom. The Morgan fingerprint density at radius 2 is 1.39 bits per heavy atom. The van der Waals surface area contributed by atoms with Gasteiger partial charge in [0.15, 0.2) is 0 Å². The van der Waals surface area contributed by atoms with Crippen molar-refractivity contribution in [3.05, 3.63) is 112 Å². The van der Waals surface area contributed by atoms with Crippen molar-refractivity contribution in [2.45, 2.75) is 11.4 Å². The maximum atomic E-state index is 12.7. The highest BCUT2D eigenvalue weighted by molar-refractivity contribution is 7.89. The molecule has 9 heteroatoms. The molecule has 0 heterocycles. The van der Waals surface area contributed by atoms with E-state index in [2.05, 4.69) is 4.72 Å². The molecule has 0 radical (unpaired) electrons. The van der Waals surface area contributed by atoms with Gasteiger partial charge in [0.1, 0.15) is 11.5 Å². The van der Waals surface area contributed by atoms with Crippen molar-refractivity contribution in [1.82, 2.24) is 4.72 Å². The molecule has 1 N–H and O–H groups in total. The molecule has 4 aromatic rings. The lowest BCUT2D eigenvalue weighted by molar-refractivity contribution is 0.0735. The molecule has 0 aromatic heterocycles. The van der Waals surface area contributed by atoms with Gasteiger partial charge in [-0.2, -0.15) is 0 Å². The molecular formula is C27H21Cl2NO5S. The summed E-state index contributed by atoms with van der Waals surface area (Å²) in [6.45, 7) is 0.162. The molecule has 0 amide bonds. The predicted octanol–water partition coefficient (Wildman–Crippen LogP) is 6.37. The second-order valence-electron chi connectivity index (χ2n) is 7.74. The Hall–Kier alpha value is -3.36. The second-order valence-corrected chi connectivity index (χ2v) is 10.3. The number of sulfonamides is 1. The Labute approximate surface area is 219 Å². The SMILES string of the molecule is COc1ccc(CNS(=O)(=O)c2ccc(-c3ccc(OC(=O)c4ccc(Cl)cc4Cl)cc3)cc2)cc1. The molecule has 0 saturated carbocycles. The van der Waals surface area contributed by atoms with Crippen LogP contribution in [-0.4, -0.2) is 21.5 Å². The van der Waals surface area contributed by atoms with Crippen molar-refractivity contribution in [2.24, 2.45) is 0 Å². The number of carbonyl (C=O) groups excluding carboxylic acids is 1. The van der Waals surface area contributed by atoms with E-state index in [-0.39, 0.29) is 22.0 Å². The second kappa shape index (κ2) is 11.1. The maximum Gasteiger partial charge on any atom is 0.345 e. The largest absolute Gasteiger partial charge is 0.497 e. The molecule has 6 nitrogen and oxygen atoms in total. The van der Waals surface area contributed by atoms with Crippen molar-refractivity contribution in [1.29, 1.82) is 0 Å². The molecule has 0 bridgehead atoms. The highest BCUT2D eigenvalue weighted by atomic mass is 35.5. The van der Waals surface area contributed by atoms with Crippen LogP contribution in [0.2, 0.25) is 10.0 Å². The minimum atomic E-state index is -3.68. The third-order valence-electron chi connectivity index (χ3n) is 5.34. The molecule has 0 aliphatic carbocycles. The zero-order valence-electron chi connectivity index (χ0n) is 19.1. The highest BCUT2D eigenvalue weighted by Gasteiger charge is 2.15. The lowest BCUT2D eigenvalue weighted by Gasteiger charge is -2.09. The Morgan fingerprint density at radius 1 is 0.806 bits per heavy atom. The number of rotatable bonds is 8. The summed E-state index contributed by atoms with van der Waals surface area (Å²) in [5.41, 5.74) is 2.66. The fraction of sp³-hybridized carbons (Fsp3) is 0.0741. The zero-order valence-corrected chi connectivity index (χ0v) is 21.4. The van der Waals surface area contributed by atoms with Gasteiger partial charge >= 0.3 is 5.97 Å². The lowest BCUT2D eigenvalue weighted by Crippen LogP contribution is -2.23. The van der Waals surface area contributed by atoms with E-state index in [9.17, 15) is 13.2 Å². The predicted molar refractivity (Wildman–Crippen MR) is 140 cm³/mol. The van der Waals surface area contributed by atoms with Gasteiger partial charge in [0.2, 0.25) is 10.0 Å². The molecule has 0 aliphatic heterocycles. The number of nitrogens with one attached hydrogen (secondary N) is 1. The Kier molecular flexibility index (Phi) is 7.96. The fourth-order valence-corrected chi connectivity index (χ4v) is 4.87. The zero-order chi connectivity index (χ0) is 25.7. The molecule has 0 unspecified atom stereocenters. The molecule has 0 atom stereocenters. The van der Waals surface area contributed by atoms with Crippen LogP contribution in [0.15, 0.2) is 95.9 Å². The fourth-order valence-electron chi connectivity index (χ4n) is 3.36. The summed E-state index contributed by atoms with van der Waals surface area (Å²) in [6, 6.07) is 25.1. The van der Waals surface area contributed by atoms with Crippen LogP contribution < -0.4 is 14.2 Å². The van der Waals surface area contributed by atoms with Gasteiger partial charge in [-0.05, 0) is 71.3 Å². The van der Waals surface area contributed by atoms with Crippen LogP contribution >= 0.6 is 23.2 Å². The summed E-state index contributed by atoms with van der Waals surface area (Å²) in [5, 5.41) is 0.630. The molecule has 4 aromatic carbocycles. The van der Waals surface area contributed by atoms with Gasteiger partial charge in [-0.1, -0.05) is 59.6 Å². The average Bonchev–Trinajstić information content (AvgIpc) is 2.88. The number of esters is 1. The van der Waals surface area contributed by atoms with Gasteiger partial charge < -0.3 is 9.47 Å². The molecule has 0 spiro atoms. The van der Waals surface area contributed by atoms with Crippen LogP contribution in [0.3, 0.4) is 0 Å². The van der Waals surface area contributed by atoms with E-state index in [1.54, 1.807) is 86.0 Å². The number of halogens is 2. The molecule has 4 rings (SSSR count). The molecule has 0 fully saturated rings. The molecule has 0 aliphatic rings. The highest BCUT2D eigenvalue weighted by Crippen LogP contribution is 2.26. The van der Waals surface area contributed by atoms with Crippen LogP contribution in [0.1, 0.15) is 15.9 Å². The quantitative estimate of drug-likeness (QED) is 0.207. The van der Waals surface area contributed by atoms with E-state index in [4.69, 9.17) is 32.7 Å². The molecule has 0 saturated heterocycles. The monoisotopic (exact) mass is 541 g/mol. The van der Waals surface area contributed by atoms with Crippen LogP contribution in [0, 0.1) is 0 Å². The van der Waals surface area contributed by atoms with E-state index in [0.29, 0.717) is 16.5 Å². The lowest BCUT2D eigenvalue weighted by atomic mass is 10.1. The van der Waals surface area contributed by atoms with E-state index in [1.807, 2.05) is 0 Å². The third kappa shape index (κ3) is 6.25. The first-order valence-corrected chi connectivity index (χ1v) is 13.0. The van der Waals surface area contributed by atoms with E-state index >= 15 is 0 Å². The normalized spacial score (nSPS) is 11.2. The first-order chi connectivity index (χ1) is 17.2. The summed E-state index contributed by atoms with van der Waals surface area (Å²) >= 11 is 11.9. The third-order valence-corrected chi connectivity index (χ3v) is 7.30. The minimum absolute atomic E-state index is 0.158. The molecule has 184 valence electrons. The van der Waals surface area contributed by atoms with Gasteiger partial charge in [0.25, 0.3) is 0 Å². The van der Waals surface area contributed by atoms with Crippen molar-refractivity contribution < 1.29 is 22.7 Å². The topological polar surface area (TPSA) is 81.7 Å². The average molecular weight is 542 g/mol. The number of hydrogen-bond donors (Lipinski definition) is 1. The Balaban J connectivity index is 1.40. The summed E-state index contributed by atoms with van der Waals surface area (Å²) in [7, 11) is -2.11. The van der Waals surface area contributed by atoms with Crippen molar-refractivity contribution in [2.75, 3.05) is 7.11 Å². The van der Waals surface area contributed by atoms with E-state index in [1.165, 1.54) is 12.1 Å². The summed E-state index contributed by atoms with van der Waals surface area (Å²) in [6.07, 6.45) is 0. The number of carbonyl (C=O) groups is 1. The smallest absolute Gasteiger partial charge is 0.345 e. The van der Waals surface area contributed by atoms with Crippen LogP contribution in [0.5, 0.6) is 11.5 Å². The van der Waals surface area contributed by atoms with Crippen molar-refractivity contribution >= 4 is 39.2 Å². The number of benzene rings is 4. The van der Waals surface area contributed by atoms with Crippen LogP contribution in [0.4, 0.5) is 0 Å². The first kappa shape index (κ1) is 25.7. The van der Waals surface area contributed by atoms with Gasteiger partial charge in [0.05, 0.1) is 22.6 Å².